The van der Waals surface area contributed by atoms with Gasteiger partial charge in [-0.25, -0.2) is 4.98 Å². The number of benzene rings is 2. The molecule has 2 aromatic carbocycles. The summed E-state index contributed by atoms with van der Waals surface area (Å²) >= 11 is 1.04. The first-order chi connectivity index (χ1) is 13.8. The van der Waals surface area contributed by atoms with Crippen molar-refractivity contribution in [1.29, 1.82) is 0 Å². The fourth-order valence-electron chi connectivity index (χ4n) is 3.90. The Morgan fingerprint density at radius 2 is 1.86 bits per heavy atom. The molecule has 0 atom stereocenters. The summed E-state index contributed by atoms with van der Waals surface area (Å²) in [4.78, 5) is 19.0. The van der Waals surface area contributed by atoms with Crippen molar-refractivity contribution >= 4 is 34.3 Å². The minimum atomic E-state index is -2.72. The summed E-state index contributed by atoms with van der Waals surface area (Å²) in [6.45, 7) is 1.45. The van der Waals surface area contributed by atoms with E-state index < -0.39 is 6.55 Å². The van der Waals surface area contributed by atoms with Crippen LogP contribution < -0.4 is 4.90 Å². The molecular weight excluding hydrogens is 392 g/mol. The van der Waals surface area contributed by atoms with Gasteiger partial charge in [0.25, 0.3) is 0 Å². The average Bonchev–Trinajstić information content (AvgIpc) is 3.16. The van der Waals surface area contributed by atoms with Gasteiger partial charge in [0.05, 0.1) is 16.8 Å². The van der Waals surface area contributed by atoms with Crippen molar-refractivity contribution in [2.45, 2.75) is 31.0 Å². The largest absolute Gasteiger partial charge is 0.347 e. The number of nitrogens with zero attached hydrogens (tertiary/aromatic N) is 3. The van der Waals surface area contributed by atoms with Crippen LogP contribution in [0, 0.1) is 0 Å². The van der Waals surface area contributed by atoms with Crippen LogP contribution in [-0.2, 0) is 10.2 Å². The van der Waals surface area contributed by atoms with Crippen molar-refractivity contribution in [3.63, 3.8) is 0 Å². The topological polar surface area (TPSA) is 38.1 Å². The lowest BCUT2D eigenvalue weighted by atomic mass is 9.83. The summed E-state index contributed by atoms with van der Waals surface area (Å²) in [5.74, 6) is -0.0922. The number of carbonyl (C=O) groups excluding carboxylic acids is 1. The molecule has 150 valence electrons. The molecule has 0 aliphatic carbocycles. The van der Waals surface area contributed by atoms with Gasteiger partial charge in [0.1, 0.15) is 0 Å². The maximum atomic E-state index is 13.6. The number of para-hydroxylation sites is 3. The highest BCUT2D eigenvalue weighted by Crippen LogP contribution is 2.46. The zero-order valence-electron chi connectivity index (χ0n) is 16.4. The zero-order valence-corrected chi connectivity index (χ0v) is 17.2. The van der Waals surface area contributed by atoms with Gasteiger partial charge in [-0.3, -0.25) is 9.36 Å². The third-order valence-corrected chi connectivity index (χ3v) is 6.32. The van der Waals surface area contributed by atoms with Crippen molar-refractivity contribution in [3.8, 4) is 0 Å². The van der Waals surface area contributed by atoms with Crippen LogP contribution >= 0.6 is 11.8 Å². The fraction of sp³-hybridized carbons (Fsp3) is 0.273. The monoisotopic (exact) mass is 413 g/mol. The van der Waals surface area contributed by atoms with Gasteiger partial charge in [-0.1, -0.05) is 55.9 Å². The highest BCUT2D eigenvalue weighted by molar-refractivity contribution is 7.99. The molecule has 0 saturated heterocycles. The van der Waals surface area contributed by atoms with Gasteiger partial charge < -0.3 is 4.90 Å². The zero-order chi connectivity index (χ0) is 20.8. The minimum absolute atomic E-state index is 0.0415. The number of imidazole rings is 1. The summed E-state index contributed by atoms with van der Waals surface area (Å²) in [6.07, 6.45) is 1.63. The van der Waals surface area contributed by atoms with E-state index in [1.165, 1.54) is 0 Å². The average molecular weight is 413 g/mol. The highest BCUT2D eigenvalue weighted by atomic mass is 32.2. The molecule has 3 aromatic rings. The van der Waals surface area contributed by atoms with Gasteiger partial charge in [-0.15, -0.1) is 0 Å². The third kappa shape index (κ3) is 3.33. The molecule has 7 heteroatoms. The van der Waals surface area contributed by atoms with Crippen LogP contribution in [0.15, 0.2) is 65.5 Å². The second-order valence-corrected chi connectivity index (χ2v) is 8.46. The van der Waals surface area contributed by atoms with Crippen LogP contribution in [0.3, 0.4) is 0 Å². The van der Waals surface area contributed by atoms with Gasteiger partial charge in [0.2, 0.25) is 0 Å². The predicted molar refractivity (Wildman–Crippen MR) is 113 cm³/mol. The summed E-state index contributed by atoms with van der Waals surface area (Å²) in [6, 6.07) is 14.8. The molecule has 0 saturated carbocycles. The van der Waals surface area contributed by atoms with Crippen LogP contribution in [-0.4, -0.2) is 28.1 Å². The number of fused-ring (bicyclic) bond motifs is 2. The second kappa shape index (κ2) is 7.30. The quantitative estimate of drug-likeness (QED) is 0.414. The molecule has 1 aromatic heterocycles. The van der Waals surface area contributed by atoms with Gasteiger partial charge >= 0.3 is 6.55 Å². The van der Waals surface area contributed by atoms with Gasteiger partial charge in [0.15, 0.2) is 10.9 Å². The molecule has 1 aliphatic heterocycles. The Balaban J connectivity index is 1.57. The van der Waals surface area contributed by atoms with Crippen LogP contribution in [0.25, 0.3) is 11.0 Å². The van der Waals surface area contributed by atoms with Crippen molar-refractivity contribution in [3.05, 3.63) is 65.9 Å². The number of thioether (sulfide) groups is 1. The molecule has 0 N–H and O–H groups in total. The normalized spacial score (nSPS) is 16.8. The summed E-state index contributed by atoms with van der Waals surface area (Å²) in [5, 5.41) is 0.148. The number of carbonyl (C=O) groups is 1. The molecule has 2 heterocycles. The van der Waals surface area contributed by atoms with Gasteiger partial charge in [0, 0.05) is 29.9 Å². The molecule has 0 spiro atoms. The van der Waals surface area contributed by atoms with E-state index in [9.17, 15) is 13.6 Å². The lowest BCUT2D eigenvalue weighted by molar-refractivity contribution is -0.112. The summed E-state index contributed by atoms with van der Waals surface area (Å²) < 4.78 is 28.0. The first-order valence-corrected chi connectivity index (χ1v) is 10.3. The molecule has 0 bridgehead atoms. The van der Waals surface area contributed by atoms with Gasteiger partial charge in [-0.2, -0.15) is 8.78 Å². The van der Waals surface area contributed by atoms with Crippen molar-refractivity contribution in [2.75, 3.05) is 17.7 Å². The van der Waals surface area contributed by atoms with E-state index in [2.05, 4.69) is 24.9 Å². The second-order valence-electron chi connectivity index (χ2n) is 7.52. The third-order valence-electron chi connectivity index (χ3n) is 5.34. The van der Waals surface area contributed by atoms with E-state index in [0.29, 0.717) is 11.0 Å². The molecule has 0 unspecified atom stereocenters. The molecule has 4 nitrogen and oxygen atoms in total. The van der Waals surface area contributed by atoms with E-state index in [1.54, 1.807) is 30.3 Å². The standard InChI is InChI=1S/C22H21F2N3OS/c1-22(2)15-8-4-6-10-17(15)26(3)19(22)12-14(28)13-29-21-25-16-9-5-7-11-18(16)27(21)20(23)24/h4-12,20H,13H2,1-3H3/b19-12+. The highest BCUT2D eigenvalue weighted by Gasteiger charge is 2.38. The number of likely N-dealkylation sites (N-methyl/N-ethyl adjacent to an activating group) is 1. The first kappa shape index (κ1) is 19.6. The Morgan fingerprint density at radius 3 is 2.59 bits per heavy atom. The number of anilines is 1. The van der Waals surface area contributed by atoms with Gasteiger partial charge in [-0.05, 0) is 23.8 Å². The number of ketones is 1. The number of rotatable bonds is 5. The Bertz CT molecular complexity index is 1120. The predicted octanol–water partition coefficient (Wildman–Crippen LogP) is 5.40. The Hall–Kier alpha value is -2.67. The first-order valence-electron chi connectivity index (χ1n) is 9.27. The Labute approximate surface area is 172 Å². The molecule has 0 radical (unpaired) electrons. The Morgan fingerprint density at radius 1 is 1.17 bits per heavy atom. The van der Waals surface area contributed by atoms with E-state index >= 15 is 0 Å². The van der Waals surface area contributed by atoms with E-state index in [0.717, 1.165) is 33.3 Å². The number of aromatic nitrogens is 2. The molecule has 29 heavy (non-hydrogen) atoms. The molecule has 0 fully saturated rings. The van der Waals surface area contributed by atoms with E-state index in [1.807, 2.05) is 30.1 Å². The fourth-order valence-corrected chi connectivity index (χ4v) is 4.74. The SMILES string of the molecule is CN1/C(=C/C(=O)CSc2nc3ccccc3n2C(F)F)C(C)(C)c2ccccc21. The number of halogens is 2. The van der Waals surface area contributed by atoms with E-state index in [4.69, 9.17) is 0 Å². The van der Waals surface area contributed by atoms with Crippen molar-refractivity contribution < 1.29 is 13.6 Å². The number of allylic oxidation sites excluding steroid dienone is 2. The number of alkyl halides is 2. The van der Waals surface area contributed by atoms with Crippen molar-refractivity contribution in [2.24, 2.45) is 0 Å². The molecule has 0 amide bonds. The lowest BCUT2D eigenvalue weighted by Crippen LogP contribution is -2.24. The smallest absolute Gasteiger partial charge is 0.321 e. The van der Waals surface area contributed by atoms with Crippen molar-refractivity contribution in [1.82, 2.24) is 9.55 Å². The maximum absolute atomic E-state index is 13.6. The molecule has 1 aliphatic rings. The van der Waals surface area contributed by atoms with Crippen LogP contribution in [0.2, 0.25) is 0 Å². The Kier molecular flexibility index (Phi) is 4.94. The van der Waals surface area contributed by atoms with Crippen LogP contribution in [0.5, 0.6) is 0 Å². The van der Waals surface area contributed by atoms with Crippen LogP contribution in [0.1, 0.15) is 26.0 Å². The maximum Gasteiger partial charge on any atom is 0.321 e. The van der Waals surface area contributed by atoms with Crippen LogP contribution in [0.4, 0.5) is 14.5 Å². The molecular formula is C22H21F2N3OS. The lowest BCUT2D eigenvalue weighted by Gasteiger charge is -2.23. The minimum Gasteiger partial charge on any atom is -0.347 e. The molecule has 4 rings (SSSR count). The van der Waals surface area contributed by atoms with E-state index in [-0.39, 0.29) is 22.1 Å². The summed E-state index contributed by atoms with van der Waals surface area (Å²) in [7, 11) is 1.94. The number of hydrogen-bond acceptors (Lipinski definition) is 4. The number of hydrogen-bond donors (Lipinski definition) is 0. The summed E-state index contributed by atoms with van der Waals surface area (Å²) in [5.41, 5.74) is 3.68.